The van der Waals surface area contributed by atoms with Gasteiger partial charge in [0.2, 0.25) is 0 Å². The SMILES string of the molecule is CC(=O)c1cc(N)ccc1OCc1ccc(O)cc1. The lowest BCUT2D eigenvalue weighted by Crippen LogP contribution is -2.02. The number of benzene rings is 2. The summed E-state index contributed by atoms with van der Waals surface area (Å²) in [5.74, 6) is 0.628. The van der Waals surface area contributed by atoms with Crippen LogP contribution in [0.25, 0.3) is 0 Å². The number of phenols is 1. The molecule has 2 aromatic carbocycles. The van der Waals surface area contributed by atoms with E-state index in [0.717, 1.165) is 5.56 Å². The molecule has 0 saturated carbocycles. The summed E-state index contributed by atoms with van der Waals surface area (Å²) in [6.45, 7) is 1.80. The second kappa shape index (κ2) is 5.44. The number of rotatable bonds is 4. The Morgan fingerprint density at radius 3 is 2.53 bits per heavy atom. The van der Waals surface area contributed by atoms with Crippen LogP contribution >= 0.6 is 0 Å². The highest BCUT2D eigenvalue weighted by Crippen LogP contribution is 2.23. The monoisotopic (exact) mass is 257 g/mol. The van der Waals surface area contributed by atoms with E-state index in [0.29, 0.717) is 23.6 Å². The van der Waals surface area contributed by atoms with Crippen LogP contribution in [0.15, 0.2) is 42.5 Å². The molecule has 0 saturated heterocycles. The molecule has 0 amide bonds. The Balaban J connectivity index is 2.15. The van der Waals surface area contributed by atoms with Gasteiger partial charge in [-0.3, -0.25) is 4.79 Å². The molecule has 0 unspecified atom stereocenters. The van der Waals surface area contributed by atoms with E-state index < -0.39 is 0 Å². The van der Waals surface area contributed by atoms with Crippen molar-refractivity contribution in [3.8, 4) is 11.5 Å². The number of carbonyl (C=O) groups is 1. The third kappa shape index (κ3) is 3.25. The van der Waals surface area contributed by atoms with E-state index in [4.69, 9.17) is 10.5 Å². The molecule has 2 aromatic rings. The minimum atomic E-state index is -0.0898. The number of Topliss-reactive ketones (excluding diaryl/α,β-unsaturated/α-hetero) is 1. The zero-order valence-electron chi connectivity index (χ0n) is 10.6. The third-order valence-electron chi connectivity index (χ3n) is 2.71. The summed E-state index contributed by atoms with van der Waals surface area (Å²) < 4.78 is 5.62. The summed E-state index contributed by atoms with van der Waals surface area (Å²) >= 11 is 0. The van der Waals surface area contributed by atoms with Crippen LogP contribution < -0.4 is 10.5 Å². The normalized spacial score (nSPS) is 10.2. The highest BCUT2D eigenvalue weighted by molar-refractivity contribution is 5.97. The fourth-order valence-corrected chi connectivity index (χ4v) is 1.70. The first kappa shape index (κ1) is 13.0. The first-order valence-corrected chi connectivity index (χ1v) is 5.87. The summed E-state index contributed by atoms with van der Waals surface area (Å²) in [6, 6.07) is 11.7. The van der Waals surface area contributed by atoms with Gasteiger partial charge in [-0.1, -0.05) is 12.1 Å². The molecule has 0 aliphatic carbocycles. The van der Waals surface area contributed by atoms with Crippen molar-refractivity contribution >= 4 is 11.5 Å². The average molecular weight is 257 g/mol. The van der Waals surface area contributed by atoms with Gasteiger partial charge in [0.1, 0.15) is 18.1 Å². The number of ketones is 1. The van der Waals surface area contributed by atoms with Crippen LogP contribution in [0.1, 0.15) is 22.8 Å². The molecule has 0 bridgehead atoms. The van der Waals surface area contributed by atoms with E-state index in [2.05, 4.69) is 0 Å². The molecule has 0 atom stereocenters. The Hall–Kier alpha value is -2.49. The molecule has 3 N–H and O–H groups in total. The summed E-state index contributed by atoms with van der Waals surface area (Å²) in [5.41, 5.74) is 7.56. The number of hydrogen-bond acceptors (Lipinski definition) is 4. The number of carbonyl (C=O) groups excluding carboxylic acids is 1. The second-order valence-electron chi connectivity index (χ2n) is 4.27. The lowest BCUT2D eigenvalue weighted by molar-refractivity contribution is 0.101. The maximum absolute atomic E-state index is 11.5. The predicted octanol–water partition coefficient (Wildman–Crippen LogP) is 2.76. The summed E-state index contributed by atoms with van der Waals surface area (Å²) in [4.78, 5) is 11.5. The largest absolute Gasteiger partial charge is 0.508 e. The van der Waals surface area contributed by atoms with Gasteiger partial charge in [0.25, 0.3) is 0 Å². The minimum absolute atomic E-state index is 0.0898. The van der Waals surface area contributed by atoms with Gasteiger partial charge < -0.3 is 15.6 Å². The van der Waals surface area contributed by atoms with Gasteiger partial charge in [0, 0.05) is 5.69 Å². The molecular formula is C15H15NO3. The van der Waals surface area contributed by atoms with Crippen LogP contribution in [0.3, 0.4) is 0 Å². The molecule has 0 spiro atoms. The second-order valence-corrected chi connectivity index (χ2v) is 4.27. The van der Waals surface area contributed by atoms with E-state index in [-0.39, 0.29) is 11.5 Å². The number of nitrogen functional groups attached to an aromatic ring is 1. The zero-order chi connectivity index (χ0) is 13.8. The van der Waals surface area contributed by atoms with Gasteiger partial charge in [-0.05, 0) is 42.8 Å². The number of hydrogen-bond donors (Lipinski definition) is 2. The summed E-state index contributed by atoms with van der Waals surface area (Å²) in [7, 11) is 0. The van der Waals surface area contributed by atoms with Crippen molar-refractivity contribution in [3.63, 3.8) is 0 Å². The molecule has 0 aliphatic rings. The van der Waals surface area contributed by atoms with E-state index >= 15 is 0 Å². The van der Waals surface area contributed by atoms with Gasteiger partial charge in [-0.2, -0.15) is 0 Å². The Labute approximate surface area is 111 Å². The van der Waals surface area contributed by atoms with Crippen molar-refractivity contribution in [2.24, 2.45) is 0 Å². The number of phenolic OH excluding ortho intramolecular Hbond substituents is 1. The molecule has 19 heavy (non-hydrogen) atoms. The first-order valence-electron chi connectivity index (χ1n) is 5.87. The zero-order valence-corrected chi connectivity index (χ0v) is 10.6. The fourth-order valence-electron chi connectivity index (χ4n) is 1.70. The molecule has 2 rings (SSSR count). The maximum Gasteiger partial charge on any atom is 0.163 e. The third-order valence-corrected chi connectivity index (χ3v) is 2.71. The molecule has 0 fully saturated rings. The van der Waals surface area contributed by atoms with Crippen molar-refractivity contribution in [2.75, 3.05) is 5.73 Å². The number of anilines is 1. The van der Waals surface area contributed by atoms with Crippen molar-refractivity contribution in [2.45, 2.75) is 13.5 Å². The standard InChI is InChI=1S/C15H15NO3/c1-10(17)14-8-12(16)4-7-15(14)19-9-11-2-5-13(18)6-3-11/h2-8,18H,9,16H2,1H3. The predicted molar refractivity (Wildman–Crippen MR) is 73.3 cm³/mol. The molecule has 0 aliphatic heterocycles. The van der Waals surface area contributed by atoms with Crippen LogP contribution in [0.4, 0.5) is 5.69 Å². The lowest BCUT2D eigenvalue weighted by Gasteiger charge is -2.10. The highest BCUT2D eigenvalue weighted by Gasteiger charge is 2.09. The lowest BCUT2D eigenvalue weighted by atomic mass is 10.1. The number of aromatic hydroxyl groups is 1. The Bertz CT molecular complexity index is 591. The topological polar surface area (TPSA) is 72.6 Å². The molecule has 4 nitrogen and oxygen atoms in total. The van der Waals surface area contributed by atoms with Crippen LogP contribution in [0.2, 0.25) is 0 Å². The van der Waals surface area contributed by atoms with E-state index in [1.54, 1.807) is 42.5 Å². The van der Waals surface area contributed by atoms with E-state index in [1.165, 1.54) is 6.92 Å². The van der Waals surface area contributed by atoms with Crippen LogP contribution in [-0.4, -0.2) is 10.9 Å². The average Bonchev–Trinajstić information content (AvgIpc) is 2.39. The number of ether oxygens (including phenoxy) is 1. The van der Waals surface area contributed by atoms with Crippen molar-refractivity contribution < 1.29 is 14.6 Å². The molecule has 0 aromatic heterocycles. The first-order chi connectivity index (χ1) is 9.06. The molecular weight excluding hydrogens is 242 g/mol. The van der Waals surface area contributed by atoms with Gasteiger partial charge in [-0.25, -0.2) is 0 Å². The highest BCUT2D eigenvalue weighted by atomic mass is 16.5. The number of nitrogens with two attached hydrogens (primary N) is 1. The Kier molecular flexibility index (Phi) is 3.71. The van der Waals surface area contributed by atoms with Crippen molar-refractivity contribution in [3.05, 3.63) is 53.6 Å². The van der Waals surface area contributed by atoms with Crippen molar-refractivity contribution in [1.82, 2.24) is 0 Å². The van der Waals surface area contributed by atoms with Crippen molar-refractivity contribution in [1.29, 1.82) is 0 Å². The van der Waals surface area contributed by atoms with E-state index in [9.17, 15) is 9.90 Å². The van der Waals surface area contributed by atoms with Crippen LogP contribution in [0.5, 0.6) is 11.5 Å². The van der Waals surface area contributed by atoms with Gasteiger partial charge in [-0.15, -0.1) is 0 Å². The smallest absolute Gasteiger partial charge is 0.163 e. The van der Waals surface area contributed by atoms with Crippen LogP contribution in [0, 0.1) is 0 Å². The molecule has 0 radical (unpaired) electrons. The molecule has 4 heteroatoms. The quantitative estimate of drug-likeness (QED) is 0.652. The van der Waals surface area contributed by atoms with Gasteiger partial charge in [0.05, 0.1) is 5.56 Å². The maximum atomic E-state index is 11.5. The van der Waals surface area contributed by atoms with Gasteiger partial charge in [0.15, 0.2) is 5.78 Å². The van der Waals surface area contributed by atoms with Gasteiger partial charge >= 0.3 is 0 Å². The summed E-state index contributed by atoms with van der Waals surface area (Å²) in [5, 5.41) is 9.19. The van der Waals surface area contributed by atoms with Crippen LogP contribution in [-0.2, 0) is 6.61 Å². The Morgan fingerprint density at radius 1 is 1.21 bits per heavy atom. The fraction of sp³-hybridized carbons (Fsp3) is 0.133. The molecule has 98 valence electrons. The summed E-state index contributed by atoms with van der Waals surface area (Å²) in [6.07, 6.45) is 0. The Morgan fingerprint density at radius 2 is 1.89 bits per heavy atom. The van der Waals surface area contributed by atoms with E-state index in [1.807, 2.05) is 0 Å². The minimum Gasteiger partial charge on any atom is -0.508 e. The molecule has 0 heterocycles.